The number of methoxy groups -OCH3 is 3. The van der Waals surface area contributed by atoms with E-state index in [9.17, 15) is 0 Å². The first-order chi connectivity index (χ1) is 8.19. The Hall–Kier alpha value is -1.32. The van der Waals surface area contributed by atoms with Crippen LogP contribution in [0.3, 0.4) is 0 Å². The second-order valence-corrected chi connectivity index (χ2v) is 4.15. The third-order valence-electron chi connectivity index (χ3n) is 3.40. The zero-order valence-electron chi connectivity index (χ0n) is 10.7. The van der Waals surface area contributed by atoms with Crippen LogP contribution in [0.25, 0.3) is 5.76 Å². The van der Waals surface area contributed by atoms with E-state index in [1.54, 1.807) is 21.3 Å². The minimum atomic E-state index is -0.724. The van der Waals surface area contributed by atoms with Gasteiger partial charge in [-0.1, -0.05) is 31.2 Å². The Morgan fingerprint density at radius 1 is 1.06 bits per heavy atom. The molecule has 1 aromatic rings. The zero-order valence-corrected chi connectivity index (χ0v) is 10.7. The van der Waals surface area contributed by atoms with Crippen LogP contribution in [-0.2, 0) is 20.0 Å². The van der Waals surface area contributed by atoms with Crippen molar-refractivity contribution in [2.24, 2.45) is 5.92 Å². The molecule has 0 radical (unpaired) electrons. The van der Waals surface area contributed by atoms with Gasteiger partial charge < -0.3 is 14.2 Å². The fourth-order valence-corrected chi connectivity index (χ4v) is 2.53. The highest BCUT2D eigenvalue weighted by molar-refractivity contribution is 5.67. The van der Waals surface area contributed by atoms with Gasteiger partial charge in [-0.15, -0.1) is 0 Å². The minimum Gasteiger partial charge on any atom is -0.496 e. The monoisotopic (exact) mass is 234 g/mol. The van der Waals surface area contributed by atoms with Gasteiger partial charge in [-0.05, 0) is 6.08 Å². The van der Waals surface area contributed by atoms with Crippen LogP contribution in [0.4, 0.5) is 0 Å². The second kappa shape index (κ2) is 4.51. The molecule has 0 aliphatic heterocycles. The predicted octanol–water partition coefficient (Wildman–Crippen LogP) is 2.77. The summed E-state index contributed by atoms with van der Waals surface area (Å²) in [5, 5.41) is 0. The van der Waals surface area contributed by atoms with Crippen molar-refractivity contribution in [1.82, 2.24) is 0 Å². The van der Waals surface area contributed by atoms with Crippen molar-refractivity contribution in [1.29, 1.82) is 0 Å². The van der Waals surface area contributed by atoms with Crippen LogP contribution in [0.1, 0.15) is 18.1 Å². The molecule has 0 spiro atoms. The molecule has 0 aromatic heterocycles. The van der Waals surface area contributed by atoms with E-state index in [1.807, 2.05) is 30.3 Å². The van der Waals surface area contributed by atoms with Gasteiger partial charge >= 0.3 is 0 Å². The summed E-state index contributed by atoms with van der Waals surface area (Å²) >= 11 is 0. The Kier molecular flexibility index (Phi) is 3.22. The van der Waals surface area contributed by atoms with E-state index in [4.69, 9.17) is 14.2 Å². The molecule has 0 amide bonds. The molecule has 3 nitrogen and oxygen atoms in total. The van der Waals surface area contributed by atoms with Crippen LogP contribution in [0.2, 0.25) is 0 Å². The molecular formula is C14H18O3. The van der Waals surface area contributed by atoms with E-state index in [0.29, 0.717) is 0 Å². The van der Waals surface area contributed by atoms with Crippen LogP contribution < -0.4 is 0 Å². The lowest BCUT2D eigenvalue weighted by molar-refractivity contribution is -0.238. The summed E-state index contributed by atoms with van der Waals surface area (Å²) in [4.78, 5) is 0. The Morgan fingerprint density at radius 3 is 2.29 bits per heavy atom. The third kappa shape index (κ3) is 1.66. The zero-order chi connectivity index (χ0) is 12.5. The highest BCUT2D eigenvalue weighted by Crippen LogP contribution is 2.43. The van der Waals surface area contributed by atoms with Crippen molar-refractivity contribution in [3.8, 4) is 0 Å². The standard InChI is InChI=1S/C14H18O3/c1-10-9-13(15-2)11-7-5-6-8-12(11)14(10,16-3)17-4/h5-10H,1-4H3. The van der Waals surface area contributed by atoms with E-state index >= 15 is 0 Å². The van der Waals surface area contributed by atoms with Crippen molar-refractivity contribution in [2.45, 2.75) is 12.7 Å². The lowest BCUT2D eigenvalue weighted by Gasteiger charge is -2.39. The average molecular weight is 234 g/mol. The van der Waals surface area contributed by atoms with E-state index in [2.05, 4.69) is 6.92 Å². The van der Waals surface area contributed by atoms with E-state index < -0.39 is 5.79 Å². The largest absolute Gasteiger partial charge is 0.496 e. The normalized spacial score (nSPS) is 21.6. The molecule has 1 unspecified atom stereocenters. The van der Waals surface area contributed by atoms with Crippen LogP contribution in [0.5, 0.6) is 0 Å². The maximum absolute atomic E-state index is 5.64. The van der Waals surface area contributed by atoms with Gasteiger partial charge in [0.05, 0.1) is 7.11 Å². The van der Waals surface area contributed by atoms with Crippen LogP contribution in [-0.4, -0.2) is 21.3 Å². The fourth-order valence-electron chi connectivity index (χ4n) is 2.53. The first-order valence-electron chi connectivity index (χ1n) is 5.65. The molecule has 2 rings (SSSR count). The number of rotatable bonds is 3. The maximum Gasteiger partial charge on any atom is 0.201 e. The van der Waals surface area contributed by atoms with Crippen LogP contribution in [0.15, 0.2) is 30.3 Å². The fraction of sp³-hybridized carbons (Fsp3) is 0.429. The summed E-state index contributed by atoms with van der Waals surface area (Å²) < 4.78 is 16.7. The molecule has 0 heterocycles. The second-order valence-electron chi connectivity index (χ2n) is 4.15. The van der Waals surface area contributed by atoms with Gasteiger partial charge in [-0.25, -0.2) is 0 Å². The van der Waals surface area contributed by atoms with Crippen LogP contribution in [0, 0.1) is 5.92 Å². The van der Waals surface area contributed by atoms with Crippen molar-refractivity contribution in [2.75, 3.05) is 21.3 Å². The molecule has 1 atom stereocenters. The Morgan fingerprint density at radius 2 is 1.71 bits per heavy atom. The summed E-state index contributed by atoms with van der Waals surface area (Å²) in [6.45, 7) is 2.06. The van der Waals surface area contributed by atoms with Gasteiger partial charge in [-0.3, -0.25) is 0 Å². The number of ether oxygens (including phenoxy) is 3. The van der Waals surface area contributed by atoms with Gasteiger partial charge in [0.25, 0.3) is 0 Å². The average Bonchev–Trinajstić information content (AvgIpc) is 2.38. The SMILES string of the molecule is COC1=CC(C)C(OC)(OC)c2ccccc21. The summed E-state index contributed by atoms with van der Waals surface area (Å²) in [5.41, 5.74) is 2.04. The van der Waals surface area contributed by atoms with Gasteiger partial charge in [0.2, 0.25) is 5.79 Å². The molecule has 0 saturated carbocycles. The first kappa shape index (κ1) is 12.1. The lowest BCUT2D eigenvalue weighted by atomic mass is 9.83. The van der Waals surface area contributed by atoms with Gasteiger partial charge in [0.15, 0.2) is 0 Å². The number of hydrogen-bond donors (Lipinski definition) is 0. The number of hydrogen-bond acceptors (Lipinski definition) is 3. The molecule has 1 aliphatic rings. The molecule has 1 aliphatic carbocycles. The molecule has 17 heavy (non-hydrogen) atoms. The molecule has 1 aromatic carbocycles. The highest BCUT2D eigenvalue weighted by Gasteiger charge is 2.43. The number of fused-ring (bicyclic) bond motifs is 1. The highest BCUT2D eigenvalue weighted by atomic mass is 16.7. The van der Waals surface area contributed by atoms with E-state index in [0.717, 1.165) is 16.9 Å². The molecular weight excluding hydrogens is 216 g/mol. The molecule has 92 valence electrons. The van der Waals surface area contributed by atoms with E-state index in [-0.39, 0.29) is 5.92 Å². The first-order valence-corrected chi connectivity index (χ1v) is 5.65. The summed E-state index contributed by atoms with van der Waals surface area (Å²) in [5.74, 6) is 0.235. The lowest BCUT2D eigenvalue weighted by Crippen LogP contribution is -2.40. The minimum absolute atomic E-state index is 0.0855. The molecule has 0 N–H and O–H groups in total. The van der Waals surface area contributed by atoms with Crippen molar-refractivity contribution in [3.05, 3.63) is 41.5 Å². The van der Waals surface area contributed by atoms with E-state index in [1.165, 1.54) is 0 Å². The Balaban J connectivity index is 2.64. The third-order valence-corrected chi connectivity index (χ3v) is 3.40. The van der Waals surface area contributed by atoms with Crippen LogP contribution >= 0.6 is 0 Å². The molecule has 3 heteroatoms. The molecule has 0 fully saturated rings. The Labute approximate surface area is 102 Å². The Bertz CT molecular complexity index is 433. The van der Waals surface area contributed by atoms with Gasteiger partial charge in [0.1, 0.15) is 5.76 Å². The predicted molar refractivity (Wildman–Crippen MR) is 66.3 cm³/mol. The van der Waals surface area contributed by atoms with Gasteiger partial charge in [-0.2, -0.15) is 0 Å². The molecule has 0 saturated heterocycles. The maximum atomic E-state index is 5.64. The van der Waals surface area contributed by atoms with Gasteiger partial charge in [0, 0.05) is 31.3 Å². The van der Waals surface area contributed by atoms with Crippen molar-refractivity contribution in [3.63, 3.8) is 0 Å². The quantitative estimate of drug-likeness (QED) is 0.753. The smallest absolute Gasteiger partial charge is 0.201 e. The topological polar surface area (TPSA) is 27.7 Å². The summed E-state index contributed by atoms with van der Waals surface area (Å²) in [6.07, 6.45) is 2.04. The van der Waals surface area contributed by atoms with Crippen molar-refractivity contribution >= 4 is 5.76 Å². The summed E-state index contributed by atoms with van der Waals surface area (Å²) in [7, 11) is 5.02. The molecule has 0 bridgehead atoms. The summed E-state index contributed by atoms with van der Waals surface area (Å²) in [6, 6.07) is 8.00. The van der Waals surface area contributed by atoms with Crippen molar-refractivity contribution < 1.29 is 14.2 Å². The number of benzene rings is 1.